The topological polar surface area (TPSA) is 33.2 Å². The summed E-state index contributed by atoms with van der Waals surface area (Å²) in [4.78, 5) is 19.5. The Bertz CT molecular complexity index is 1100. The lowest BCUT2D eigenvalue weighted by atomic mass is 9.96. The second-order valence-electron chi connectivity index (χ2n) is 6.66. The van der Waals surface area contributed by atoms with Crippen LogP contribution in [-0.4, -0.2) is 22.8 Å². The third-order valence-electron chi connectivity index (χ3n) is 4.88. The second kappa shape index (κ2) is 7.61. The number of nitrogens with zero attached hydrogens (tertiary/aromatic N) is 2. The Balaban J connectivity index is 1.79. The normalized spacial score (nSPS) is 11.9. The van der Waals surface area contributed by atoms with E-state index in [1.165, 1.54) is 12.1 Å². The molecule has 0 bridgehead atoms. The summed E-state index contributed by atoms with van der Waals surface area (Å²) in [5.74, 6) is -0.415. The Labute approximate surface area is 163 Å². The van der Waals surface area contributed by atoms with Crippen LogP contribution in [0, 0.1) is 5.82 Å². The van der Waals surface area contributed by atoms with E-state index in [9.17, 15) is 9.18 Å². The molecule has 0 aliphatic rings. The van der Waals surface area contributed by atoms with E-state index in [1.807, 2.05) is 60.7 Å². The number of carbonyl (C=O) groups excluding carboxylic acids is 1. The van der Waals surface area contributed by atoms with Crippen LogP contribution in [0.2, 0.25) is 0 Å². The summed E-state index contributed by atoms with van der Waals surface area (Å²) in [5, 5.41) is 0.813. The Kier molecular flexibility index (Phi) is 4.85. The number of fused-ring (bicyclic) bond motifs is 1. The highest BCUT2D eigenvalue weighted by molar-refractivity contribution is 6.06. The number of pyridine rings is 1. The minimum Gasteiger partial charge on any atom is -0.331 e. The molecule has 0 radical (unpaired) electrons. The number of benzene rings is 3. The fraction of sp³-hybridized carbons (Fsp3) is 0.0833. The molecule has 4 heteroatoms. The third-order valence-corrected chi connectivity index (χ3v) is 4.88. The number of rotatable bonds is 4. The van der Waals surface area contributed by atoms with E-state index in [4.69, 9.17) is 0 Å². The van der Waals surface area contributed by atoms with E-state index in [2.05, 4.69) is 4.98 Å². The van der Waals surface area contributed by atoms with Crippen molar-refractivity contribution < 1.29 is 9.18 Å². The Morgan fingerprint density at radius 3 is 2.32 bits per heavy atom. The van der Waals surface area contributed by atoms with Crippen molar-refractivity contribution in [2.45, 2.75) is 6.04 Å². The predicted octanol–water partition coefficient (Wildman–Crippen LogP) is 5.24. The monoisotopic (exact) mass is 370 g/mol. The quantitative estimate of drug-likeness (QED) is 0.492. The van der Waals surface area contributed by atoms with Crippen molar-refractivity contribution in [1.29, 1.82) is 0 Å². The van der Waals surface area contributed by atoms with Gasteiger partial charge in [-0.1, -0.05) is 54.6 Å². The van der Waals surface area contributed by atoms with Crippen LogP contribution in [0.15, 0.2) is 91.1 Å². The maximum absolute atomic E-state index is 13.5. The van der Waals surface area contributed by atoms with Crippen molar-refractivity contribution >= 4 is 16.8 Å². The largest absolute Gasteiger partial charge is 0.331 e. The molecule has 0 N–H and O–H groups in total. The van der Waals surface area contributed by atoms with Gasteiger partial charge in [0.25, 0.3) is 5.91 Å². The van der Waals surface area contributed by atoms with Gasteiger partial charge >= 0.3 is 0 Å². The molecule has 3 nitrogen and oxygen atoms in total. The van der Waals surface area contributed by atoms with Crippen molar-refractivity contribution in [2.24, 2.45) is 0 Å². The number of halogens is 1. The van der Waals surface area contributed by atoms with Crippen LogP contribution in [0.5, 0.6) is 0 Å². The van der Waals surface area contributed by atoms with Crippen LogP contribution < -0.4 is 0 Å². The average Bonchev–Trinajstić information content (AvgIpc) is 2.75. The lowest BCUT2D eigenvalue weighted by molar-refractivity contribution is 0.0757. The van der Waals surface area contributed by atoms with E-state index in [0.717, 1.165) is 22.0 Å². The summed E-state index contributed by atoms with van der Waals surface area (Å²) in [5.41, 5.74) is 3.18. The number of hydrogen-bond acceptors (Lipinski definition) is 2. The Morgan fingerprint density at radius 2 is 1.57 bits per heavy atom. The molecule has 0 saturated carbocycles. The molecule has 1 amide bonds. The highest BCUT2D eigenvalue weighted by Crippen LogP contribution is 2.30. The SMILES string of the molecule is CN(C(=O)c1cccc2ncccc12)C(c1ccccc1)c1ccc(F)cc1. The van der Waals surface area contributed by atoms with Gasteiger partial charge in [0, 0.05) is 24.2 Å². The summed E-state index contributed by atoms with van der Waals surface area (Å²) in [6, 6.07) is 25.0. The average molecular weight is 370 g/mol. The van der Waals surface area contributed by atoms with Crippen molar-refractivity contribution in [2.75, 3.05) is 7.05 Å². The fourth-order valence-electron chi connectivity index (χ4n) is 3.52. The van der Waals surface area contributed by atoms with Gasteiger partial charge in [0.05, 0.1) is 11.6 Å². The summed E-state index contributed by atoms with van der Waals surface area (Å²) < 4.78 is 13.5. The number of hydrogen-bond donors (Lipinski definition) is 0. The molecule has 0 fully saturated rings. The maximum atomic E-state index is 13.5. The van der Waals surface area contributed by atoms with Crippen LogP contribution in [0.1, 0.15) is 27.5 Å². The van der Waals surface area contributed by atoms with Crippen molar-refractivity contribution in [3.05, 3.63) is 114 Å². The summed E-state index contributed by atoms with van der Waals surface area (Å²) >= 11 is 0. The smallest absolute Gasteiger partial charge is 0.255 e. The molecule has 1 unspecified atom stereocenters. The molecule has 0 spiro atoms. The molecule has 138 valence electrons. The molecule has 1 aromatic heterocycles. The van der Waals surface area contributed by atoms with Gasteiger partial charge in [0.2, 0.25) is 0 Å². The first kappa shape index (κ1) is 17.9. The van der Waals surface area contributed by atoms with Crippen LogP contribution in [0.25, 0.3) is 10.9 Å². The van der Waals surface area contributed by atoms with E-state index in [0.29, 0.717) is 5.56 Å². The first-order valence-corrected chi connectivity index (χ1v) is 9.06. The fourth-order valence-corrected chi connectivity index (χ4v) is 3.52. The standard InChI is InChI=1S/C24H19FN2O/c1-27(24(28)21-9-5-11-22-20(21)10-6-16-26-22)23(17-7-3-2-4-8-17)18-12-14-19(25)15-13-18/h2-16,23H,1H3. The summed E-state index contributed by atoms with van der Waals surface area (Å²) in [6.45, 7) is 0. The van der Waals surface area contributed by atoms with Gasteiger partial charge in [0.1, 0.15) is 5.82 Å². The van der Waals surface area contributed by atoms with Gasteiger partial charge < -0.3 is 4.90 Å². The third kappa shape index (κ3) is 3.37. The molecule has 4 rings (SSSR count). The zero-order valence-electron chi connectivity index (χ0n) is 15.4. The van der Waals surface area contributed by atoms with Crippen molar-refractivity contribution in [3.8, 4) is 0 Å². The van der Waals surface area contributed by atoms with Crippen molar-refractivity contribution in [3.63, 3.8) is 0 Å². The lowest BCUT2D eigenvalue weighted by Gasteiger charge is -2.29. The molecule has 1 heterocycles. The van der Waals surface area contributed by atoms with Crippen LogP contribution >= 0.6 is 0 Å². The zero-order chi connectivity index (χ0) is 19.5. The molecule has 4 aromatic rings. The molecule has 0 aliphatic carbocycles. The zero-order valence-corrected chi connectivity index (χ0v) is 15.4. The molecule has 0 saturated heterocycles. The van der Waals surface area contributed by atoms with Crippen LogP contribution in [0.4, 0.5) is 4.39 Å². The van der Waals surface area contributed by atoms with Gasteiger partial charge in [-0.15, -0.1) is 0 Å². The highest BCUT2D eigenvalue weighted by atomic mass is 19.1. The maximum Gasteiger partial charge on any atom is 0.255 e. The van der Waals surface area contributed by atoms with Gasteiger partial charge in [-0.05, 0) is 41.5 Å². The Hall–Kier alpha value is -3.53. The molecule has 0 aliphatic heterocycles. The first-order valence-electron chi connectivity index (χ1n) is 9.06. The molecular weight excluding hydrogens is 351 g/mol. The summed E-state index contributed by atoms with van der Waals surface area (Å²) in [6.07, 6.45) is 1.71. The van der Waals surface area contributed by atoms with E-state index < -0.39 is 0 Å². The van der Waals surface area contributed by atoms with Gasteiger partial charge in [0.15, 0.2) is 0 Å². The van der Waals surface area contributed by atoms with E-state index in [-0.39, 0.29) is 17.8 Å². The lowest BCUT2D eigenvalue weighted by Crippen LogP contribution is -2.32. The van der Waals surface area contributed by atoms with E-state index >= 15 is 0 Å². The summed E-state index contributed by atoms with van der Waals surface area (Å²) in [7, 11) is 1.78. The Morgan fingerprint density at radius 1 is 0.857 bits per heavy atom. The van der Waals surface area contributed by atoms with Crippen LogP contribution in [0.3, 0.4) is 0 Å². The molecular formula is C24H19FN2O. The molecule has 1 atom stereocenters. The predicted molar refractivity (Wildman–Crippen MR) is 109 cm³/mol. The van der Waals surface area contributed by atoms with Gasteiger partial charge in [-0.25, -0.2) is 4.39 Å². The number of amides is 1. The van der Waals surface area contributed by atoms with Crippen LogP contribution in [-0.2, 0) is 0 Å². The molecule has 28 heavy (non-hydrogen) atoms. The number of aromatic nitrogens is 1. The van der Waals surface area contributed by atoms with E-state index in [1.54, 1.807) is 30.3 Å². The van der Waals surface area contributed by atoms with Crippen molar-refractivity contribution in [1.82, 2.24) is 9.88 Å². The highest BCUT2D eigenvalue weighted by Gasteiger charge is 2.25. The number of carbonyl (C=O) groups is 1. The van der Waals surface area contributed by atoms with Gasteiger partial charge in [-0.2, -0.15) is 0 Å². The minimum atomic E-state index is -0.332. The second-order valence-corrected chi connectivity index (χ2v) is 6.66. The first-order chi connectivity index (χ1) is 13.6. The van der Waals surface area contributed by atoms with Gasteiger partial charge in [-0.3, -0.25) is 9.78 Å². The molecule has 3 aromatic carbocycles. The minimum absolute atomic E-state index is 0.114.